The molecule has 0 fully saturated rings. The lowest BCUT2D eigenvalue weighted by Gasteiger charge is -2.36. The second-order valence-corrected chi connectivity index (χ2v) is 7.54. The first-order valence-electron chi connectivity index (χ1n) is 8.75. The number of aliphatic imine (C=N–C) groups is 1. The van der Waals surface area contributed by atoms with Gasteiger partial charge in [0.25, 0.3) is 0 Å². The van der Waals surface area contributed by atoms with Gasteiger partial charge in [0.15, 0.2) is 11.5 Å². The van der Waals surface area contributed by atoms with Crippen LogP contribution < -0.4 is 9.47 Å². The fourth-order valence-corrected chi connectivity index (χ4v) is 3.88. The predicted octanol–water partition coefficient (Wildman–Crippen LogP) is 4.31. The Labute approximate surface area is 146 Å². The Morgan fingerprint density at radius 1 is 1.12 bits per heavy atom. The molecule has 0 saturated heterocycles. The van der Waals surface area contributed by atoms with Gasteiger partial charge in [0, 0.05) is 16.3 Å². The molecule has 3 aliphatic rings. The maximum atomic E-state index is 11.8. The van der Waals surface area contributed by atoms with Crippen LogP contribution >= 0.6 is 0 Å². The number of rotatable bonds is 0. The van der Waals surface area contributed by atoms with E-state index < -0.39 is 0 Å². The van der Waals surface area contributed by atoms with E-state index in [1.165, 1.54) is 0 Å². The van der Waals surface area contributed by atoms with Crippen molar-refractivity contribution in [3.63, 3.8) is 0 Å². The summed E-state index contributed by atoms with van der Waals surface area (Å²) in [6.07, 6.45) is 5.25. The van der Waals surface area contributed by atoms with Crippen LogP contribution in [0.1, 0.15) is 32.3 Å². The van der Waals surface area contributed by atoms with E-state index >= 15 is 0 Å². The van der Waals surface area contributed by atoms with E-state index in [1.807, 2.05) is 12.1 Å². The Morgan fingerprint density at radius 3 is 2.76 bits per heavy atom. The van der Waals surface area contributed by atoms with Crippen LogP contribution in [0.2, 0.25) is 0 Å². The molecule has 126 valence electrons. The van der Waals surface area contributed by atoms with Crippen LogP contribution in [-0.2, 0) is 11.2 Å². The van der Waals surface area contributed by atoms with Crippen molar-refractivity contribution in [1.29, 1.82) is 0 Å². The van der Waals surface area contributed by atoms with Crippen molar-refractivity contribution in [2.24, 2.45) is 4.99 Å². The van der Waals surface area contributed by atoms with Gasteiger partial charge in [-0.1, -0.05) is 24.3 Å². The van der Waals surface area contributed by atoms with Crippen LogP contribution in [0.4, 0.5) is 5.69 Å². The topological polar surface area (TPSA) is 47.9 Å². The first kappa shape index (κ1) is 14.7. The van der Waals surface area contributed by atoms with Gasteiger partial charge in [-0.15, -0.1) is 0 Å². The summed E-state index contributed by atoms with van der Waals surface area (Å²) in [6.45, 7) is 4.23. The minimum atomic E-state index is -0.287. The van der Waals surface area contributed by atoms with Gasteiger partial charge < -0.3 is 9.47 Å². The highest BCUT2D eigenvalue weighted by Crippen LogP contribution is 2.51. The van der Waals surface area contributed by atoms with E-state index in [4.69, 9.17) is 14.5 Å². The summed E-state index contributed by atoms with van der Waals surface area (Å²) in [5.74, 6) is 1.78. The van der Waals surface area contributed by atoms with Crippen molar-refractivity contribution in [3.05, 3.63) is 42.0 Å². The van der Waals surface area contributed by atoms with Crippen LogP contribution in [0, 0.1) is 0 Å². The molecular formula is C21H19NO3. The summed E-state index contributed by atoms with van der Waals surface area (Å²) in [5.41, 5.74) is 2.58. The molecule has 2 heterocycles. The molecule has 0 spiro atoms. The molecule has 2 aliphatic heterocycles. The van der Waals surface area contributed by atoms with Gasteiger partial charge in [-0.2, -0.15) is 0 Å². The van der Waals surface area contributed by atoms with Crippen LogP contribution in [0.25, 0.3) is 10.8 Å². The standard InChI is InChI=1S/C21H19NO3/c1-21(2)10-9-15-19(25-21)14-6-4-3-5-13(14)18-20(15)24-17-11-12(23)7-8-16(17)22-18/h3-8,17H,9-11H2,1-2H3. The molecule has 1 unspecified atom stereocenters. The number of fused-ring (bicyclic) bond motifs is 7. The second kappa shape index (κ2) is 4.94. The number of ether oxygens (including phenoxy) is 2. The zero-order valence-corrected chi connectivity index (χ0v) is 14.3. The molecule has 0 aromatic heterocycles. The highest BCUT2D eigenvalue weighted by atomic mass is 16.5. The van der Waals surface area contributed by atoms with Crippen molar-refractivity contribution in [2.45, 2.75) is 44.8 Å². The molecule has 0 bridgehead atoms. The van der Waals surface area contributed by atoms with Crippen molar-refractivity contribution < 1.29 is 14.3 Å². The number of benzene rings is 2. The van der Waals surface area contributed by atoms with Crippen molar-refractivity contribution in [1.82, 2.24) is 0 Å². The number of allylic oxidation sites excluding steroid dienone is 1. The average Bonchev–Trinajstić information content (AvgIpc) is 2.60. The Kier molecular flexibility index (Phi) is 2.91. The van der Waals surface area contributed by atoms with Gasteiger partial charge >= 0.3 is 0 Å². The van der Waals surface area contributed by atoms with E-state index in [-0.39, 0.29) is 17.5 Å². The third kappa shape index (κ3) is 2.20. The Bertz CT molecular complexity index is 984. The number of hydrogen-bond acceptors (Lipinski definition) is 4. The van der Waals surface area contributed by atoms with Gasteiger partial charge in [0.2, 0.25) is 0 Å². The average molecular weight is 333 g/mol. The number of ketones is 1. The minimum Gasteiger partial charge on any atom is -0.487 e. The summed E-state index contributed by atoms with van der Waals surface area (Å²) in [7, 11) is 0. The van der Waals surface area contributed by atoms with Crippen LogP contribution in [0.3, 0.4) is 0 Å². The minimum absolute atomic E-state index is 0.0828. The molecule has 1 atom stereocenters. The SMILES string of the molecule is CC1(C)CCc2c3c(c4ccccc4c2O1)N=C1C=CC(=O)CC1O3. The lowest BCUT2D eigenvalue weighted by Crippen LogP contribution is -2.36. The second-order valence-electron chi connectivity index (χ2n) is 7.54. The van der Waals surface area contributed by atoms with Crippen LogP contribution in [0.5, 0.6) is 11.5 Å². The Morgan fingerprint density at radius 2 is 1.92 bits per heavy atom. The molecule has 2 aromatic carbocycles. The zero-order valence-electron chi connectivity index (χ0n) is 14.3. The summed E-state index contributed by atoms with van der Waals surface area (Å²) < 4.78 is 12.6. The summed E-state index contributed by atoms with van der Waals surface area (Å²) in [5, 5.41) is 2.11. The van der Waals surface area contributed by atoms with Crippen LogP contribution in [0.15, 0.2) is 41.4 Å². The molecule has 0 N–H and O–H groups in total. The molecule has 5 rings (SSSR count). The van der Waals surface area contributed by atoms with E-state index in [2.05, 4.69) is 26.0 Å². The first-order chi connectivity index (χ1) is 12.0. The van der Waals surface area contributed by atoms with Gasteiger partial charge in [0.05, 0.1) is 12.1 Å². The number of carbonyl (C=O) groups excluding carboxylic acids is 1. The number of nitrogens with zero attached hydrogens (tertiary/aromatic N) is 1. The molecule has 2 aromatic rings. The molecule has 0 radical (unpaired) electrons. The number of hydrogen-bond donors (Lipinski definition) is 0. The largest absolute Gasteiger partial charge is 0.487 e. The number of carbonyl (C=O) groups is 1. The van der Waals surface area contributed by atoms with E-state index in [1.54, 1.807) is 12.2 Å². The maximum Gasteiger partial charge on any atom is 0.159 e. The molecule has 1 aliphatic carbocycles. The van der Waals surface area contributed by atoms with E-state index in [0.29, 0.717) is 6.42 Å². The normalized spacial score (nSPS) is 23.0. The Balaban J connectivity index is 1.81. The third-order valence-corrected chi connectivity index (χ3v) is 5.20. The van der Waals surface area contributed by atoms with Gasteiger partial charge in [-0.05, 0) is 38.8 Å². The summed E-state index contributed by atoms with van der Waals surface area (Å²) in [6, 6.07) is 8.18. The van der Waals surface area contributed by atoms with E-state index in [9.17, 15) is 4.79 Å². The highest BCUT2D eigenvalue weighted by molar-refractivity contribution is 6.14. The molecule has 25 heavy (non-hydrogen) atoms. The fraction of sp³-hybridized carbons (Fsp3) is 0.333. The smallest absolute Gasteiger partial charge is 0.159 e. The van der Waals surface area contributed by atoms with Crippen LogP contribution in [-0.4, -0.2) is 23.2 Å². The maximum absolute atomic E-state index is 11.8. The fourth-order valence-electron chi connectivity index (χ4n) is 3.88. The third-order valence-electron chi connectivity index (χ3n) is 5.20. The molecular weight excluding hydrogens is 314 g/mol. The highest BCUT2D eigenvalue weighted by Gasteiger charge is 2.36. The molecule has 0 amide bonds. The van der Waals surface area contributed by atoms with Crippen molar-refractivity contribution in [2.75, 3.05) is 0 Å². The quantitative estimate of drug-likeness (QED) is 0.722. The molecule has 4 heteroatoms. The molecule has 4 nitrogen and oxygen atoms in total. The van der Waals surface area contributed by atoms with Crippen molar-refractivity contribution in [3.8, 4) is 11.5 Å². The van der Waals surface area contributed by atoms with Crippen molar-refractivity contribution >= 4 is 28.0 Å². The zero-order chi connectivity index (χ0) is 17.2. The van der Waals surface area contributed by atoms with Gasteiger partial charge in [0.1, 0.15) is 23.1 Å². The molecule has 0 saturated carbocycles. The lowest BCUT2D eigenvalue weighted by atomic mass is 9.89. The monoisotopic (exact) mass is 333 g/mol. The predicted molar refractivity (Wildman–Crippen MR) is 97.3 cm³/mol. The summed E-state index contributed by atoms with van der Waals surface area (Å²) in [4.78, 5) is 16.6. The first-order valence-corrected chi connectivity index (χ1v) is 8.75. The van der Waals surface area contributed by atoms with Gasteiger partial charge in [-0.25, -0.2) is 4.99 Å². The Hall–Kier alpha value is -2.62. The van der Waals surface area contributed by atoms with E-state index in [0.717, 1.165) is 52.1 Å². The van der Waals surface area contributed by atoms with Gasteiger partial charge in [-0.3, -0.25) is 4.79 Å². The summed E-state index contributed by atoms with van der Waals surface area (Å²) >= 11 is 0. The lowest BCUT2D eigenvalue weighted by molar-refractivity contribution is -0.115.